The van der Waals surface area contributed by atoms with Crippen LogP contribution in [0.15, 0.2) is 23.1 Å². The molecule has 1 atom stereocenters. The second-order valence-corrected chi connectivity index (χ2v) is 6.33. The molecule has 1 unspecified atom stereocenters. The quantitative estimate of drug-likeness (QED) is 0.813. The molecule has 96 valence electrons. The van der Waals surface area contributed by atoms with Gasteiger partial charge in [-0.15, -0.1) is 11.6 Å². The molecule has 0 amide bonds. The normalized spacial score (nSPS) is 13.4. The molecule has 1 aromatic rings. The molecule has 0 radical (unpaired) electrons. The summed E-state index contributed by atoms with van der Waals surface area (Å²) in [5.74, 6) is 0.117. The van der Waals surface area contributed by atoms with Crippen molar-refractivity contribution in [2.24, 2.45) is 0 Å². The first-order chi connectivity index (χ1) is 7.84. The first-order valence-electron chi connectivity index (χ1n) is 4.82. The average Bonchev–Trinajstić information content (AvgIpc) is 2.25. The summed E-state index contributed by atoms with van der Waals surface area (Å²) >= 11 is 11.4. The van der Waals surface area contributed by atoms with Crippen LogP contribution >= 0.6 is 23.2 Å². The van der Waals surface area contributed by atoms with Crippen LogP contribution in [0.5, 0.6) is 0 Å². The van der Waals surface area contributed by atoms with Gasteiger partial charge in [0.15, 0.2) is 9.84 Å². The molecule has 2 N–H and O–H groups in total. The molecule has 0 saturated heterocycles. The summed E-state index contributed by atoms with van der Waals surface area (Å²) in [6.07, 6.45) is 0.436. The monoisotopic (exact) mass is 297 g/mol. The van der Waals surface area contributed by atoms with Gasteiger partial charge in [-0.3, -0.25) is 0 Å². The molecule has 0 fully saturated rings. The van der Waals surface area contributed by atoms with Gasteiger partial charge in [-0.1, -0.05) is 11.6 Å². The SMILES string of the molecule is CS(=O)(=O)c1ccc(NCC(O)CCl)c(Cl)c1. The van der Waals surface area contributed by atoms with E-state index >= 15 is 0 Å². The van der Waals surface area contributed by atoms with Gasteiger partial charge in [0, 0.05) is 12.8 Å². The number of alkyl halides is 1. The van der Waals surface area contributed by atoms with Crippen LogP contribution < -0.4 is 5.32 Å². The maximum Gasteiger partial charge on any atom is 0.175 e. The Morgan fingerprint density at radius 1 is 1.47 bits per heavy atom. The zero-order valence-corrected chi connectivity index (χ0v) is 11.5. The minimum Gasteiger partial charge on any atom is -0.390 e. The van der Waals surface area contributed by atoms with Crippen LogP contribution in [0.25, 0.3) is 0 Å². The predicted molar refractivity (Wildman–Crippen MR) is 69.8 cm³/mol. The molecular formula is C10H13Cl2NO3S. The average molecular weight is 298 g/mol. The van der Waals surface area contributed by atoms with Crippen molar-refractivity contribution in [2.45, 2.75) is 11.0 Å². The molecule has 0 aliphatic carbocycles. The summed E-state index contributed by atoms with van der Waals surface area (Å²) in [4.78, 5) is 0.158. The first kappa shape index (κ1) is 14.6. The van der Waals surface area contributed by atoms with Crippen LogP contribution in [0.1, 0.15) is 0 Å². The third kappa shape index (κ3) is 4.35. The first-order valence-corrected chi connectivity index (χ1v) is 7.62. The smallest absolute Gasteiger partial charge is 0.175 e. The van der Waals surface area contributed by atoms with Gasteiger partial charge < -0.3 is 10.4 Å². The lowest BCUT2D eigenvalue weighted by atomic mass is 10.3. The molecule has 17 heavy (non-hydrogen) atoms. The second kappa shape index (κ2) is 5.91. The highest BCUT2D eigenvalue weighted by atomic mass is 35.5. The number of halogens is 2. The van der Waals surface area contributed by atoms with Crippen LogP contribution in [0, 0.1) is 0 Å². The molecule has 7 heteroatoms. The lowest BCUT2D eigenvalue weighted by molar-refractivity contribution is 0.211. The van der Waals surface area contributed by atoms with Crippen molar-refractivity contribution in [1.29, 1.82) is 0 Å². The molecule has 0 aliphatic rings. The fraction of sp³-hybridized carbons (Fsp3) is 0.400. The summed E-state index contributed by atoms with van der Waals surface area (Å²) in [6, 6.07) is 4.38. The highest BCUT2D eigenvalue weighted by molar-refractivity contribution is 7.90. The Bertz CT molecular complexity index is 490. The van der Waals surface area contributed by atoms with Gasteiger partial charge in [-0.05, 0) is 18.2 Å². The zero-order chi connectivity index (χ0) is 13.1. The van der Waals surface area contributed by atoms with E-state index in [2.05, 4.69) is 5.32 Å². The van der Waals surface area contributed by atoms with Crippen molar-refractivity contribution >= 4 is 38.7 Å². The number of sulfone groups is 1. The Morgan fingerprint density at radius 3 is 2.59 bits per heavy atom. The highest BCUT2D eigenvalue weighted by Crippen LogP contribution is 2.25. The lowest BCUT2D eigenvalue weighted by Crippen LogP contribution is -2.20. The standard InChI is InChI=1S/C10H13Cl2NO3S/c1-17(15,16)8-2-3-10(9(12)4-8)13-6-7(14)5-11/h2-4,7,13-14H,5-6H2,1H3. The number of anilines is 1. The fourth-order valence-electron chi connectivity index (χ4n) is 1.15. The summed E-state index contributed by atoms with van der Waals surface area (Å²) in [7, 11) is -3.26. The number of hydrogen-bond donors (Lipinski definition) is 2. The molecule has 0 saturated carbocycles. The van der Waals surface area contributed by atoms with Crippen LogP contribution in [0.2, 0.25) is 5.02 Å². The molecule has 0 bridgehead atoms. The van der Waals surface area contributed by atoms with Gasteiger partial charge in [0.2, 0.25) is 0 Å². The number of rotatable bonds is 5. The second-order valence-electron chi connectivity index (χ2n) is 3.60. The van der Waals surface area contributed by atoms with Gasteiger partial charge in [-0.2, -0.15) is 0 Å². The van der Waals surface area contributed by atoms with Crippen LogP contribution in [-0.2, 0) is 9.84 Å². The molecule has 0 spiro atoms. The third-order valence-corrected chi connectivity index (χ3v) is 3.85. The van der Waals surface area contributed by atoms with Crippen LogP contribution in [0.3, 0.4) is 0 Å². The molecule has 4 nitrogen and oxygen atoms in total. The molecule has 0 heterocycles. The maximum atomic E-state index is 11.3. The van der Waals surface area contributed by atoms with E-state index in [1.165, 1.54) is 12.1 Å². The van der Waals surface area contributed by atoms with Crippen LogP contribution in [-0.4, -0.2) is 38.3 Å². The van der Waals surface area contributed by atoms with Gasteiger partial charge in [0.05, 0.1) is 27.6 Å². The Hall–Kier alpha value is -0.490. The number of benzene rings is 1. The molecular weight excluding hydrogens is 285 g/mol. The molecule has 1 rings (SSSR count). The van der Waals surface area contributed by atoms with Crippen molar-refractivity contribution in [1.82, 2.24) is 0 Å². The summed E-state index contributed by atoms with van der Waals surface area (Å²) < 4.78 is 22.5. The number of nitrogens with one attached hydrogen (secondary N) is 1. The molecule has 0 aromatic heterocycles. The van der Waals surface area contributed by atoms with E-state index in [4.69, 9.17) is 23.2 Å². The minimum atomic E-state index is -3.26. The van der Waals surface area contributed by atoms with E-state index < -0.39 is 15.9 Å². The van der Waals surface area contributed by atoms with E-state index in [-0.39, 0.29) is 22.3 Å². The van der Waals surface area contributed by atoms with Crippen molar-refractivity contribution in [3.05, 3.63) is 23.2 Å². The van der Waals surface area contributed by atoms with Crippen molar-refractivity contribution in [3.63, 3.8) is 0 Å². The van der Waals surface area contributed by atoms with Gasteiger partial charge in [0.25, 0.3) is 0 Å². The van der Waals surface area contributed by atoms with E-state index in [0.29, 0.717) is 5.69 Å². The van der Waals surface area contributed by atoms with Crippen molar-refractivity contribution in [2.75, 3.05) is 24.0 Å². The van der Waals surface area contributed by atoms with E-state index in [1.54, 1.807) is 6.07 Å². The third-order valence-electron chi connectivity index (χ3n) is 2.07. The number of aliphatic hydroxyl groups is 1. The summed E-state index contributed by atoms with van der Waals surface area (Å²) in [5, 5.41) is 12.4. The van der Waals surface area contributed by atoms with Crippen molar-refractivity contribution in [3.8, 4) is 0 Å². The van der Waals surface area contributed by atoms with Gasteiger partial charge in [0.1, 0.15) is 0 Å². The van der Waals surface area contributed by atoms with E-state index in [0.717, 1.165) is 6.26 Å². The van der Waals surface area contributed by atoms with E-state index in [9.17, 15) is 13.5 Å². The largest absolute Gasteiger partial charge is 0.390 e. The molecule has 0 aliphatic heterocycles. The topological polar surface area (TPSA) is 66.4 Å². The van der Waals surface area contributed by atoms with Crippen LogP contribution in [0.4, 0.5) is 5.69 Å². The Morgan fingerprint density at radius 2 is 2.12 bits per heavy atom. The summed E-state index contributed by atoms with van der Waals surface area (Å²) in [5.41, 5.74) is 0.559. The maximum absolute atomic E-state index is 11.3. The zero-order valence-electron chi connectivity index (χ0n) is 9.15. The predicted octanol–water partition coefficient (Wildman–Crippen LogP) is 1.76. The number of hydrogen-bond acceptors (Lipinski definition) is 4. The number of aliphatic hydroxyl groups excluding tert-OH is 1. The Labute approximate surface area is 110 Å². The summed E-state index contributed by atoms with van der Waals surface area (Å²) in [6.45, 7) is 0.251. The fourth-order valence-corrected chi connectivity index (χ4v) is 2.22. The highest BCUT2D eigenvalue weighted by Gasteiger charge is 2.10. The van der Waals surface area contributed by atoms with E-state index in [1.807, 2.05) is 0 Å². The van der Waals surface area contributed by atoms with Gasteiger partial charge >= 0.3 is 0 Å². The lowest BCUT2D eigenvalue weighted by Gasteiger charge is -2.12. The Balaban J connectivity index is 2.84. The Kier molecular flexibility index (Phi) is 5.06. The molecule has 1 aromatic carbocycles. The minimum absolute atomic E-state index is 0.117. The van der Waals surface area contributed by atoms with Crippen molar-refractivity contribution < 1.29 is 13.5 Å². The van der Waals surface area contributed by atoms with Gasteiger partial charge in [-0.25, -0.2) is 8.42 Å².